The first-order chi connectivity index (χ1) is 14.2. The van der Waals surface area contributed by atoms with Crippen LogP contribution in [0.1, 0.15) is 17.0 Å². The molecule has 2 N–H and O–H groups in total. The molecule has 0 unspecified atom stereocenters. The predicted molar refractivity (Wildman–Crippen MR) is 116 cm³/mol. The third-order valence-corrected chi connectivity index (χ3v) is 4.55. The van der Waals surface area contributed by atoms with Gasteiger partial charge in [-0.3, -0.25) is 5.10 Å². The van der Waals surface area contributed by atoms with Gasteiger partial charge in [0.15, 0.2) is 5.82 Å². The van der Waals surface area contributed by atoms with Crippen molar-refractivity contribution in [1.82, 2.24) is 14.9 Å². The summed E-state index contributed by atoms with van der Waals surface area (Å²) in [5.41, 5.74) is 3.88. The molecule has 0 amide bonds. The predicted octanol–water partition coefficient (Wildman–Crippen LogP) is 5.30. The van der Waals surface area contributed by atoms with E-state index in [0.717, 1.165) is 22.5 Å². The van der Waals surface area contributed by atoms with Crippen molar-refractivity contribution in [1.29, 1.82) is 0 Å². The second-order valence-corrected chi connectivity index (χ2v) is 6.80. The third-order valence-electron chi connectivity index (χ3n) is 4.29. The number of rotatable bonds is 6. The van der Waals surface area contributed by atoms with Crippen LogP contribution in [0, 0.1) is 10.6 Å². The molecule has 1 aromatic heterocycles. The molecule has 0 saturated carbocycles. The summed E-state index contributed by atoms with van der Waals surface area (Å²) in [5.74, 6) is 0.385. The zero-order valence-corrected chi connectivity index (χ0v) is 16.2. The lowest BCUT2D eigenvalue weighted by atomic mass is 10.1. The SMILES string of the molecule is Fc1ccc(Cc2n[nH]c(=S)n2/N=C\c2ccc(Nc3ccccc3)cc2)cc1. The van der Waals surface area contributed by atoms with Crippen molar-refractivity contribution in [2.24, 2.45) is 5.10 Å². The van der Waals surface area contributed by atoms with Gasteiger partial charge in [0.05, 0.1) is 6.21 Å². The average molecular weight is 403 g/mol. The number of nitrogens with zero attached hydrogens (tertiary/aromatic N) is 3. The maximum atomic E-state index is 13.1. The molecule has 1 heterocycles. The molecule has 4 rings (SSSR count). The Morgan fingerprint density at radius 2 is 1.66 bits per heavy atom. The van der Waals surface area contributed by atoms with Gasteiger partial charge in [-0.05, 0) is 59.7 Å². The van der Waals surface area contributed by atoms with Crippen molar-refractivity contribution in [2.75, 3.05) is 5.32 Å². The van der Waals surface area contributed by atoms with E-state index >= 15 is 0 Å². The molecule has 29 heavy (non-hydrogen) atoms. The standard InChI is InChI=1S/C22H18FN5S/c23-18-10-6-16(7-11-18)14-21-26-27-22(29)28(21)24-15-17-8-12-20(13-9-17)25-19-4-2-1-3-5-19/h1-13,15,25H,14H2,(H,27,29)/b24-15-. The van der Waals surface area contributed by atoms with E-state index in [0.29, 0.717) is 17.0 Å². The summed E-state index contributed by atoms with van der Waals surface area (Å²) in [6.45, 7) is 0. The van der Waals surface area contributed by atoms with Gasteiger partial charge in [-0.15, -0.1) is 0 Å². The number of aromatic nitrogens is 3. The van der Waals surface area contributed by atoms with Crippen molar-refractivity contribution >= 4 is 29.8 Å². The molecule has 0 bridgehead atoms. The molecule has 0 aliphatic rings. The molecule has 0 aliphatic heterocycles. The van der Waals surface area contributed by atoms with Gasteiger partial charge in [-0.2, -0.15) is 14.9 Å². The Morgan fingerprint density at radius 3 is 2.38 bits per heavy atom. The maximum absolute atomic E-state index is 13.1. The third kappa shape index (κ3) is 4.83. The van der Waals surface area contributed by atoms with Crippen LogP contribution in [-0.4, -0.2) is 21.1 Å². The molecule has 3 aromatic carbocycles. The van der Waals surface area contributed by atoms with Crippen LogP contribution in [-0.2, 0) is 6.42 Å². The van der Waals surface area contributed by atoms with Crippen LogP contribution >= 0.6 is 12.2 Å². The first-order valence-corrected chi connectivity index (χ1v) is 9.45. The number of halogens is 1. The summed E-state index contributed by atoms with van der Waals surface area (Å²) in [7, 11) is 0. The molecule has 0 atom stereocenters. The fraction of sp³-hybridized carbons (Fsp3) is 0.0455. The van der Waals surface area contributed by atoms with Gasteiger partial charge in [0, 0.05) is 17.8 Å². The van der Waals surface area contributed by atoms with Crippen molar-refractivity contribution in [2.45, 2.75) is 6.42 Å². The van der Waals surface area contributed by atoms with Crippen LogP contribution in [0.3, 0.4) is 0 Å². The Morgan fingerprint density at radius 1 is 0.966 bits per heavy atom. The molecule has 4 aromatic rings. The quantitative estimate of drug-likeness (QED) is 0.339. The van der Waals surface area contributed by atoms with Gasteiger partial charge in [0.25, 0.3) is 0 Å². The summed E-state index contributed by atoms with van der Waals surface area (Å²) in [6.07, 6.45) is 2.22. The maximum Gasteiger partial charge on any atom is 0.216 e. The first-order valence-electron chi connectivity index (χ1n) is 9.04. The molecule has 5 nitrogen and oxygen atoms in total. The number of anilines is 2. The Kier molecular flexibility index (Phi) is 5.58. The lowest BCUT2D eigenvalue weighted by Gasteiger charge is -2.06. The van der Waals surface area contributed by atoms with E-state index in [1.165, 1.54) is 12.1 Å². The fourth-order valence-corrected chi connectivity index (χ4v) is 3.01. The molecular weight excluding hydrogens is 385 g/mol. The van der Waals surface area contributed by atoms with E-state index in [9.17, 15) is 4.39 Å². The van der Waals surface area contributed by atoms with Crippen molar-refractivity contribution in [3.63, 3.8) is 0 Å². The summed E-state index contributed by atoms with van der Waals surface area (Å²) < 4.78 is 15.1. The fourth-order valence-electron chi connectivity index (χ4n) is 2.81. The molecule has 0 radical (unpaired) electrons. The number of nitrogens with one attached hydrogen (secondary N) is 2. The summed E-state index contributed by atoms with van der Waals surface area (Å²) >= 11 is 5.28. The lowest BCUT2D eigenvalue weighted by molar-refractivity contribution is 0.627. The minimum atomic E-state index is -0.268. The highest BCUT2D eigenvalue weighted by Crippen LogP contribution is 2.16. The second-order valence-electron chi connectivity index (χ2n) is 6.42. The van der Waals surface area contributed by atoms with Gasteiger partial charge in [-0.25, -0.2) is 4.39 Å². The Balaban J connectivity index is 1.48. The highest BCUT2D eigenvalue weighted by Gasteiger charge is 2.06. The highest BCUT2D eigenvalue weighted by atomic mass is 32.1. The lowest BCUT2D eigenvalue weighted by Crippen LogP contribution is -2.00. The summed E-state index contributed by atoms with van der Waals surface area (Å²) in [5, 5.41) is 14.8. The van der Waals surface area contributed by atoms with Crippen molar-refractivity contribution in [3.8, 4) is 0 Å². The number of aromatic amines is 1. The minimum absolute atomic E-state index is 0.268. The van der Waals surface area contributed by atoms with Crippen molar-refractivity contribution in [3.05, 3.63) is 106 Å². The first kappa shape index (κ1) is 18.8. The van der Waals surface area contributed by atoms with Crippen LogP contribution in [0.5, 0.6) is 0 Å². The molecule has 0 spiro atoms. The van der Waals surface area contributed by atoms with Gasteiger partial charge < -0.3 is 5.32 Å². The smallest absolute Gasteiger partial charge is 0.216 e. The molecule has 144 valence electrons. The van der Waals surface area contributed by atoms with Crippen LogP contribution in [0.15, 0.2) is 84.0 Å². The summed E-state index contributed by atoms with van der Waals surface area (Å²) in [4.78, 5) is 0. The van der Waals surface area contributed by atoms with Crippen LogP contribution in [0.4, 0.5) is 15.8 Å². The van der Waals surface area contributed by atoms with E-state index in [4.69, 9.17) is 12.2 Å². The van der Waals surface area contributed by atoms with Gasteiger partial charge >= 0.3 is 0 Å². The number of benzene rings is 3. The van der Waals surface area contributed by atoms with E-state index < -0.39 is 0 Å². The molecule has 0 fully saturated rings. The van der Waals surface area contributed by atoms with Gasteiger partial charge in [0.1, 0.15) is 5.82 Å². The monoisotopic (exact) mass is 403 g/mol. The average Bonchev–Trinajstić information content (AvgIpc) is 3.09. The van der Waals surface area contributed by atoms with Crippen LogP contribution in [0.2, 0.25) is 0 Å². The zero-order valence-electron chi connectivity index (χ0n) is 15.4. The van der Waals surface area contributed by atoms with Crippen LogP contribution in [0.25, 0.3) is 0 Å². The van der Waals surface area contributed by atoms with Crippen LogP contribution < -0.4 is 5.32 Å². The molecule has 0 saturated heterocycles. The normalized spacial score (nSPS) is 11.1. The van der Waals surface area contributed by atoms with E-state index in [1.54, 1.807) is 23.0 Å². The minimum Gasteiger partial charge on any atom is -0.356 e. The van der Waals surface area contributed by atoms with E-state index in [1.807, 2.05) is 54.6 Å². The largest absolute Gasteiger partial charge is 0.356 e. The van der Waals surface area contributed by atoms with E-state index in [-0.39, 0.29) is 5.82 Å². The summed E-state index contributed by atoms with van der Waals surface area (Å²) in [6, 6.07) is 24.2. The highest BCUT2D eigenvalue weighted by molar-refractivity contribution is 7.71. The van der Waals surface area contributed by atoms with Gasteiger partial charge in [0.2, 0.25) is 4.77 Å². The zero-order chi connectivity index (χ0) is 20.1. The number of H-pyrrole nitrogens is 1. The molecular formula is C22H18FN5S. The van der Waals surface area contributed by atoms with E-state index in [2.05, 4.69) is 20.6 Å². The number of para-hydroxylation sites is 1. The second kappa shape index (κ2) is 8.62. The van der Waals surface area contributed by atoms with Gasteiger partial charge in [-0.1, -0.05) is 42.5 Å². The molecule has 0 aliphatic carbocycles. The topological polar surface area (TPSA) is 58.0 Å². The van der Waals surface area contributed by atoms with Crippen molar-refractivity contribution < 1.29 is 4.39 Å². The Bertz CT molecular complexity index is 1160. The number of hydrogen-bond acceptors (Lipinski definition) is 4. The number of hydrogen-bond donors (Lipinski definition) is 2. The Hall–Kier alpha value is -3.58. The molecule has 7 heteroatoms. The Labute approximate surface area is 172 Å².